The molecule has 0 spiro atoms. The number of amides is 1. The molecule has 1 amide bonds. The molecule has 0 aliphatic carbocycles. The standard InChI is InChI=1S/C15H19N3O2S/c1-4-12(20-11-8-6-5-7-9-11)13(19)16-15-18-17-14(21-15)10(2)3/h5-10,12H,4H2,1-3H3,(H,16,18,19). The SMILES string of the molecule is CCC(Oc1ccccc1)C(=O)Nc1nnc(C(C)C)s1. The Hall–Kier alpha value is -1.95. The van der Waals surface area contributed by atoms with E-state index in [0.717, 1.165) is 5.01 Å². The van der Waals surface area contributed by atoms with Crippen LogP contribution in [-0.4, -0.2) is 22.2 Å². The summed E-state index contributed by atoms with van der Waals surface area (Å²) in [6, 6.07) is 9.32. The molecule has 1 atom stereocenters. The Labute approximate surface area is 128 Å². The number of anilines is 1. The van der Waals surface area contributed by atoms with Crippen LogP contribution >= 0.6 is 11.3 Å². The van der Waals surface area contributed by atoms with Crippen molar-refractivity contribution in [2.45, 2.75) is 39.2 Å². The van der Waals surface area contributed by atoms with E-state index in [-0.39, 0.29) is 5.91 Å². The van der Waals surface area contributed by atoms with Gasteiger partial charge in [0.05, 0.1) is 0 Å². The van der Waals surface area contributed by atoms with E-state index in [0.29, 0.717) is 23.2 Å². The van der Waals surface area contributed by atoms with Gasteiger partial charge in [0.2, 0.25) is 5.13 Å². The fourth-order valence-electron chi connectivity index (χ4n) is 1.69. The maximum absolute atomic E-state index is 12.2. The molecule has 1 aromatic heterocycles. The minimum absolute atomic E-state index is 0.201. The number of benzene rings is 1. The number of carbonyl (C=O) groups excluding carboxylic acids is 1. The molecule has 5 nitrogen and oxygen atoms in total. The summed E-state index contributed by atoms with van der Waals surface area (Å²) < 4.78 is 5.70. The van der Waals surface area contributed by atoms with Gasteiger partial charge in [-0.25, -0.2) is 0 Å². The summed E-state index contributed by atoms with van der Waals surface area (Å²) in [6.07, 6.45) is 0.0372. The molecule has 1 N–H and O–H groups in total. The minimum Gasteiger partial charge on any atom is -0.481 e. The number of hydrogen-bond donors (Lipinski definition) is 1. The Kier molecular flexibility index (Phi) is 5.27. The van der Waals surface area contributed by atoms with Gasteiger partial charge in [0.1, 0.15) is 10.8 Å². The van der Waals surface area contributed by atoms with E-state index in [1.165, 1.54) is 11.3 Å². The van der Waals surface area contributed by atoms with E-state index in [1.807, 2.05) is 51.1 Å². The zero-order valence-electron chi connectivity index (χ0n) is 12.4. The second kappa shape index (κ2) is 7.17. The lowest BCUT2D eigenvalue weighted by atomic mass is 10.2. The largest absolute Gasteiger partial charge is 0.481 e. The van der Waals surface area contributed by atoms with E-state index in [9.17, 15) is 4.79 Å². The molecule has 1 unspecified atom stereocenters. The topological polar surface area (TPSA) is 64.1 Å². The molecular weight excluding hydrogens is 286 g/mol. The van der Waals surface area contributed by atoms with E-state index in [4.69, 9.17) is 4.74 Å². The van der Waals surface area contributed by atoms with Crippen molar-refractivity contribution < 1.29 is 9.53 Å². The minimum atomic E-state index is -0.543. The van der Waals surface area contributed by atoms with Gasteiger partial charge in [0.25, 0.3) is 5.91 Å². The van der Waals surface area contributed by atoms with Gasteiger partial charge >= 0.3 is 0 Å². The van der Waals surface area contributed by atoms with Gasteiger partial charge in [-0.05, 0) is 18.6 Å². The Balaban J connectivity index is 1.99. The van der Waals surface area contributed by atoms with Gasteiger partial charge < -0.3 is 4.74 Å². The van der Waals surface area contributed by atoms with Gasteiger partial charge in [-0.2, -0.15) is 0 Å². The molecule has 0 radical (unpaired) electrons. The molecule has 0 saturated heterocycles. The van der Waals surface area contributed by atoms with Gasteiger partial charge in [-0.3, -0.25) is 10.1 Å². The van der Waals surface area contributed by atoms with Crippen LogP contribution in [0.5, 0.6) is 5.75 Å². The summed E-state index contributed by atoms with van der Waals surface area (Å²) in [7, 11) is 0. The Morgan fingerprint density at radius 1 is 1.29 bits per heavy atom. The number of hydrogen-bond acceptors (Lipinski definition) is 5. The van der Waals surface area contributed by atoms with Gasteiger partial charge in [0.15, 0.2) is 6.10 Å². The molecule has 0 aliphatic rings. The van der Waals surface area contributed by atoms with Crippen LogP contribution in [0, 0.1) is 0 Å². The van der Waals surface area contributed by atoms with Crippen LogP contribution in [0.4, 0.5) is 5.13 Å². The van der Waals surface area contributed by atoms with Crippen LogP contribution in [0.2, 0.25) is 0 Å². The van der Waals surface area contributed by atoms with Crippen LogP contribution in [-0.2, 0) is 4.79 Å². The first kappa shape index (κ1) is 15.4. The van der Waals surface area contributed by atoms with Gasteiger partial charge in [-0.1, -0.05) is 50.3 Å². The van der Waals surface area contributed by atoms with Crippen LogP contribution in [0.3, 0.4) is 0 Å². The predicted molar refractivity (Wildman–Crippen MR) is 83.8 cm³/mol. The maximum Gasteiger partial charge on any atom is 0.267 e. The Morgan fingerprint density at radius 2 is 2.00 bits per heavy atom. The first-order valence-corrected chi connectivity index (χ1v) is 7.77. The molecule has 2 aromatic rings. The monoisotopic (exact) mass is 305 g/mol. The second-order valence-corrected chi connectivity index (χ2v) is 5.93. The summed E-state index contributed by atoms with van der Waals surface area (Å²) in [6.45, 7) is 5.99. The first-order valence-electron chi connectivity index (χ1n) is 6.96. The van der Waals surface area contributed by atoms with Crippen molar-refractivity contribution in [2.24, 2.45) is 0 Å². The van der Waals surface area contributed by atoms with Crippen molar-refractivity contribution in [1.82, 2.24) is 10.2 Å². The first-order chi connectivity index (χ1) is 10.1. The summed E-state index contributed by atoms with van der Waals surface area (Å²) in [5.41, 5.74) is 0. The fourth-order valence-corrected chi connectivity index (χ4v) is 2.44. The maximum atomic E-state index is 12.2. The number of aromatic nitrogens is 2. The highest BCUT2D eigenvalue weighted by Crippen LogP contribution is 2.23. The zero-order chi connectivity index (χ0) is 15.2. The van der Waals surface area contributed by atoms with E-state index in [2.05, 4.69) is 15.5 Å². The van der Waals surface area contributed by atoms with Crippen LogP contribution in [0.1, 0.15) is 38.1 Å². The van der Waals surface area contributed by atoms with Crippen molar-refractivity contribution in [1.29, 1.82) is 0 Å². The average Bonchev–Trinajstić information content (AvgIpc) is 2.94. The molecule has 0 saturated carbocycles. The fraction of sp³-hybridized carbons (Fsp3) is 0.400. The molecule has 1 aromatic carbocycles. The molecule has 6 heteroatoms. The lowest BCUT2D eigenvalue weighted by Gasteiger charge is -2.16. The highest BCUT2D eigenvalue weighted by molar-refractivity contribution is 7.15. The van der Waals surface area contributed by atoms with Crippen molar-refractivity contribution >= 4 is 22.4 Å². The highest BCUT2D eigenvalue weighted by Gasteiger charge is 2.20. The third kappa shape index (κ3) is 4.26. The lowest BCUT2D eigenvalue weighted by molar-refractivity contribution is -0.122. The van der Waals surface area contributed by atoms with Crippen molar-refractivity contribution in [3.8, 4) is 5.75 Å². The summed E-state index contributed by atoms with van der Waals surface area (Å²) in [5.74, 6) is 0.781. The Bertz CT molecular complexity index is 584. The lowest BCUT2D eigenvalue weighted by Crippen LogP contribution is -2.32. The highest BCUT2D eigenvalue weighted by atomic mass is 32.1. The van der Waals surface area contributed by atoms with E-state index >= 15 is 0 Å². The third-order valence-electron chi connectivity index (χ3n) is 2.85. The molecule has 112 valence electrons. The van der Waals surface area contributed by atoms with E-state index in [1.54, 1.807) is 0 Å². The number of rotatable bonds is 6. The van der Waals surface area contributed by atoms with Crippen molar-refractivity contribution in [3.05, 3.63) is 35.3 Å². The quantitative estimate of drug-likeness (QED) is 0.887. The number of ether oxygens (including phenoxy) is 1. The van der Waals surface area contributed by atoms with Crippen LogP contribution in [0.25, 0.3) is 0 Å². The summed E-state index contributed by atoms with van der Waals surface area (Å²) in [4.78, 5) is 12.2. The molecule has 2 rings (SSSR count). The molecule has 0 fully saturated rings. The van der Waals surface area contributed by atoms with Crippen LogP contribution < -0.4 is 10.1 Å². The summed E-state index contributed by atoms with van der Waals surface area (Å²) >= 11 is 1.39. The zero-order valence-corrected chi connectivity index (χ0v) is 13.2. The van der Waals surface area contributed by atoms with Crippen LogP contribution in [0.15, 0.2) is 30.3 Å². The molecule has 21 heavy (non-hydrogen) atoms. The van der Waals surface area contributed by atoms with Crippen molar-refractivity contribution in [2.75, 3.05) is 5.32 Å². The van der Waals surface area contributed by atoms with Crippen molar-refractivity contribution in [3.63, 3.8) is 0 Å². The Morgan fingerprint density at radius 3 is 2.57 bits per heavy atom. The molecular formula is C15H19N3O2S. The predicted octanol–water partition coefficient (Wildman–Crippen LogP) is 3.46. The second-order valence-electron chi connectivity index (χ2n) is 4.92. The smallest absolute Gasteiger partial charge is 0.267 e. The normalized spacial score (nSPS) is 12.2. The number of nitrogens with zero attached hydrogens (tertiary/aromatic N) is 2. The average molecular weight is 305 g/mol. The number of para-hydroxylation sites is 1. The molecule has 0 aliphatic heterocycles. The van der Waals surface area contributed by atoms with Gasteiger partial charge in [-0.15, -0.1) is 10.2 Å². The molecule has 0 bridgehead atoms. The number of carbonyl (C=O) groups is 1. The van der Waals surface area contributed by atoms with Gasteiger partial charge in [0, 0.05) is 5.92 Å². The van der Waals surface area contributed by atoms with E-state index < -0.39 is 6.10 Å². The molecule has 1 heterocycles. The third-order valence-corrected chi connectivity index (χ3v) is 3.99. The number of nitrogens with one attached hydrogen (secondary N) is 1. The summed E-state index contributed by atoms with van der Waals surface area (Å²) in [5, 5.41) is 12.2.